The molecule has 6 nitrogen and oxygen atoms in total. The van der Waals surface area contributed by atoms with Crippen LogP contribution in [0.15, 0.2) is 31.1 Å². The third-order valence-corrected chi connectivity index (χ3v) is 4.74. The van der Waals surface area contributed by atoms with E-state index in [2.05, 4.69) is 36.8 Å². The minimum absolute atomic E-state index is 0.0508. The molecule has 1 aromatic heterocycles. The lowest BCUT2D eigenvalue weighted by Gasteiger charge is -2.08. The molecule has 0 aliphatic carbocycles. The fraction of sp³-hybridized carbons (Fsp3) is 0.250. The van der Waals surface area contributed by atoms with E-state index in [1.807, 2.05) is 12.1 Å². The van der Waals surface area contributed by atoms with Crippen molar-refractivity contribution in [3.8, 4) is 0 Å². The number of rotatable bonds is 3. The minimum atomic E-state index is -0.314. The van der Waals surface area contributed by atoms with Gasteiger partial charge in [0.25, 0.3) is 5.22 Å². The number of aryl methyl sites for hydroxylation is 1. The Balaban J connectivity index is 1.95. The summed E-state index contributed by atoms with van der Waals surface area (Å²) in [6.45, 7) is 1.74. The zero-order valence-corrected chi connectivity index (χ0v) is 13.1. The van der Waals surface area contributed by atoms with Crippen LogP contribution < -0.4 is 10.6 Å². The van der Waals surface area contributed by atoms with E-state index in [-0.39, 0.29) is 11.9 Å². The van der Waals surface area contributed by atoms with Gasteiger partial charge in [-0.25, -0.2) is 0 Å². The largest absolute Gasteiger partial charge is 0.416 e. The van der Waals surface area contributed by atoms with Crippen molar-refractivity contribution in [2.45, 2.75) is 23.1 Å². The molecule has 0 saturated heterocycles. The standard InChI is InChI=1S/C12H11BrN4O2S/c1-5-16-17-12(19-5)20-9-4-8-6(3-7(9)13)10(14-2)11(18)15-8/h3-4,10,14H,1-2H3,(H,15,18). The van der Waals surface area contributed by atoms with Crippen molar-refractivity contribution < 1.29 is 9.21 Å². The van der Waals surface area contributed by atoms with Crippen LogP contribution in [0.3, 0.4) is 0 Å². The first-order valence-electron chi connectivity index (χ1n) is 5.88. The molecule has 1 amide bonds. The first-order valence-corrected chi connectivity index (χ1v) is 7.49. The number of nitrogens with one attached hydrogen (secondary N) is 2. The number of carbonyl (C=O) groups excluding carboxylic acids is 1. The fourth-order valence-electron chi connectivity index (χ4n) is 2.04. The minimum Gasteiger partial charge on any atom is -0.416 e. The zero-order chi connectivity index (χ0) is 14.3. The summed E-state index contributed by atoms with van der Waals surface area (Å²) in [5.74, 6) is 0.471. The van der Waals surface area contributed by atoms with Crippen molar-refractivity contribution in [3.05, 3.63) is 28.1 Å². The molecule has 104 valence electrons. The summed E-state index contributed by atoms with van der Waals surface area (Å²) < 4.78 is 6.23. The van der Waals surface area contributed by atoms with E-state index in [1.165, 1.54) is 11.8 Å². The van der Waals surface area contributed by atoms with Crippen LogP contribution in [-0.4, -0.2) is 23.2 Å². The van der Waals surface area contributed by atoms with Crippen LogP contribution in [0.25, 0.3) is 0 Å². The van der Waals surface area contributed by atoms with Gasteiger partial charge in [-0.3, -0.25) is 4.79 Å². The highest BCUT2D eigenvalue weighted by atomic mass is 79.9. The number of hydrogen-bond donors (Lipinski definition) is 2. The lowest BCUT2D eigenvalue weighted by Crippen LogP contribution is -2.23. The molecule has 1 unspecified atom stereocenters. The van der Waals surface area contributed by atoms with E-state index in [9.17, 15) is 4.79 Å². The van der Waals surface area contributed by atoms with Gasteiger partial charge in [0, 0.05) is 27.5 Å². The Labute approximate surface area is 127 Å². The smallest absolute Gasteiger partial charge is 0.281 e. The third kappa shape index (κ3) is 2.34. The Morgan fingerprint density at radius 1 is 1.45 bits per heavy atom. The van der Waals surface area contributed by atoms with Gasteiger partial charge < -0.3 is 15.1 Å². The molecule has 8 heteroatoms. The summed E-state index contributed by atoms with van der Waals surface area (Å²) >= 11 is 4.87. The number of carbonyl (C=O) groups is 1. The zero-order valence-electron chi connectivity index (χ0n) is 10.7. The lowest BCUT2D eigenvalue weighted by atomic mass is 10.1. The van der Waals surface area contributed by atoms with Crippen molar-refractivity contribution in [3.63, 3.8) is 0 Å². The van der Waals surface area contributed by atoms with Gasteiger partial charge in [-0.2, -0.15) is 0 Å². The number of anilines is 1. The Morgan fingerprint density at radius 3 is 2.90 bits per heavy atom. The normalized spacial score (nSPS) is 17.1. The molecule has 1 atom stereocenters. The molecule has 2 aromatic rings. The molecule has 1 aliphatic heterocycles. The van der Waals surface area contributed by atoms with Gasteiger partial charge in [-0.15, -0.1) is 10.2 Å². The number of halogens is 1. The molecule has 0 spiro atoms. The lowest BCUT2D eigenvalue weighted by molar-refractivity contribution is -0.117. The van der Waals surface area contributed by atoms with Crippen LogP contribution >= 0.6 is 27.7 Å². The predicted molar refractivity (Wildman–Crippen MR) is 77.7 cm³/mol. The Bertz CT molecular complexity index is 688. The molecular formula is C12H11BrN4O2S. The first-order chi connectivity index (χ1) is 9.58. The SMILES string of the molecule is CNC1C(=O)Nc2cc(Sc3nnc(C)o3)c(Br)cc21. The van der Waals surface area contributed by atoms with Crippen LogP contribution in [0.1, 0.15) is 17.5 Å². The molecule has 20 heavy (non-hydrogen) atoms. The Morgan fingerprint density at radius 2 is 2.25 bits per heavy atom. The van der Waals surface area contributed by atoms with E-state index in [1.54, 1.807) is 14.0 Å². The van der Waals surface area contributed by atoms with Crippen molar-refractivity contribution in [1.29, 1.82) is 0 Å². The van der Waals surface area contributed by atoms with E-state index >= 15 is 0 Å². The molecule has 0 radical (unpaired) electrons. The Hall–Kier alpha value is -1.38. The van der Waals surface area contributed by atoms with Crippen LogP contribution in [0.4, 0.5) is 5.69 Å². The fourth-order valence-corrected chi connectivity index (χ4v) is 3.41. The van der Waals surface area contributed by atoms with Gasteiger partial charge in [0.2, 0.25) is 11.8 Å². The average Bonchev–Trinajstić information content (AvgIpc) is 2.93. The second-order valence-corrected chi connectivity index (χ2v) is 6.12. The summed E-state index contributed by atoms with van der Waals surface area (Å²) in [5, 5.41) is 14.1. The molecule has 2 heterocycles. The van der Waals surface area contributed by atoms with Crippen molar-refractivity contribution >= 4 is 39.3 Å². The number of nitrogens with zero attached hydrogens (tertiary/aromatic N) is 2. The summed E-state index contributed by atoms with van der Waals surface area (Å²) in [6, 6.07) is 3.52. The number of likely N-dealkylation sites (N-methyl/N-ethyl adjacent to an activating group) is 1. The third-order valence-electron chi connectivity index (χ3n) is 2.93. The monoisotopic (exact) mass is 354 g/mol. The summed E-state index contributed by atoms with van der Waals surface area (Å²) in [7, 11) is 1.76. The molecule has 1 aromatic carbocycles. The van der Waals surface area contributed by atoms with Crippen LogP contribution in [0.5, 0.6) is 0 Å². The summed E-state index contributed by atoms with van der Waals surface area (Å²) in [4.78, 5) is 12.7. The van der Waals surface area contributed by atoms with Crippen LogP contribution in [-0.2, 0) is 4.79 Å². The Kier molecular flexibility index (Phi) is 3.53. The maximum atomic E-state index is 11.8. The molecule has 0 saturated carbocycles. The first kappa shape index (κ1) is 13.6. The van der Waals surface area contributed by atoms with Gasteiger partial charge in [-0.05, 0) is 46.9 Å². The van der Waals surface area contributed by atoms with E-state index in [0.29, 0.717) is 11.1 Å². The topological polar surface area (TPSA) is 80.0 Å². The highest BCUT2D eigenvalue weighted by molar-refractivity contribution is 9.10. The molecule has 0 fully saturated rings. The molecule has 3 rings (SSSR count). The second kappa shape index (κ2) is 5.19. The van der Waals surface area contributed by atoms with E-state index in [4.69, 9.17) is 4.42 Å². The van der Waals surface area contributed by atoms with Crippen LogP contribution in [0, 0.1) is 6.92 Å². The molecule has 2 N–H and O–H groups in total. The van der Waals surface area contributed by atoms with Gasteiger partial charge in [0.05, 0.1) is 0 Å². The number of aromatic nitrogens is 2. The number of fused-ring (bicyclic) bond motifs is 1. The number of hydrogen-bond acceptors (Lipinski definition) is 6. The van der Waals surface area contributed by atoms with Gasteiger partial charge in [0.15, 0.2) is 0 Å². The molecule has 0 bridgehead atoms. The molecular weight excluding hydrogens is 344 g/mol. The van der Waals surface area contributed by atoms with Gasteiger partial charge in [0.1, 0.15) is 6.04 Å². The van der Waals surface area contributed by atoms with E-state index < -0.39 is 0 Å². The molecule has 1 aliphatic rings. The maximum Gasteiger partial charge on any atom is 0.281 e. The highest BCUT2D eigenvalue weighted by Gasteiger charge is 2.30. The summed E-state index contributed by atoms with van der Waals surface area (Å²) in [5.41, 5.74) is 1.73. The van der Waals surface area contributed by atoms with Crippen LogP contribution in [0.2, 0.25) is 0 Å². The second-order valence-electron chi connectivity index (χ2n) is 4.27. The highest BCUT2D eigenvalue weighted by Crippen LogP contribution is 2.40. The number of benzene rings is 1. The number of amides is 1. The maximum absolute atomic E-state index is 11.8. The van der Waals surface area contributed by atoms with Crippen molar-refractivity contribution in [2.24, 2.45) is 0 Å². The van der Waals surface area contributed by atoms with E-state index in [0.717, 1.165) is 20.6 Å². The summed E-state index contributed by atoms with van der Waals surface area (Å²) in [6.07, 6.45) is 0. The van der Waals surface area contributed by atoms with Crippen molar-refractivity contribution in [2.75, 3.05) is 12.4 Å². The predicted octanol–water partition coefficient (Wildman–Crippen LogP) is 2.50. The quantitative estimate of drug-likeness (QED) is 0.881. The van der Waals surface area contributed by atoms with Gasteiger partial charge in [-0.1, -0.05) is 0 Å². The average molecular weight is 355 g/mol. The van der Waals surface area contributed by atoms with Gasteiger partial charge >= 0.3 is 0 Å². The van der Waals surface area contributed by atoms with Crippen molar-refractivity contribution in [1.82, 2.24) is 15.5 Å².